The van der Waals surface area contributed by atoms with Crippen LogP contribution in [-0.2, 0) is 11.0 Å². The highest BCUT2D eigenvalue weighted by Gasteiger charge is 2.41. The van der Waals surface area contributed by atoms with Gasteiger partial charge in [0.1, 0.15) is 5.54 Å². The summed E-state index contributed by atoms with van der Waals surface area (Å²) in [5, 5.41) is 21.0. The number of carbonyl (C=O) groups is 1. The summed E-state index contributed by atoms with van der Waals surface area (Å²) < 4.78 is 38.1. The molecule has 1 aromatic carbocycles. The van der Waals surface area contributed by atoms with Gasteiger partial charge in [-0.3, -0.25) is 0 Å². The van der Waals surface area contributed by atoms with E-state index < -0.39 is 28.8 Å². The molecule has 0 radical (unpaired) electrons. The third-order valence-corrected chi connectivity index (χ3v) is 3.70. The van der Waals surface area contributed by atoms with Gasteiger partial charge < -0.3 is 10.4 Å². The van der Waals surface area contributed by atoms with Crippen molar-refractivity contribution in [1.82, 2.24) is 0 Å². The smallest absolute Gasteiger partial charge is 0.417 e. The fourth-order valence-corrected chi connectivity index (χ4v) is 2.61. The van der Waals surface area contributed by atoms with E-state index in [1.807, 2.05) is 0 Å². The lowest BCUT2D eigenvalue weighted by Crippen LogP contribution is -2.43. The molecule has 1 fully saturated rings. The van der Waals surface area contributed by atoms with Gasteiger partial charge in [-0.1, -0.05) is 12.8 Å². The molecule has 7 heteroatoms. The second-order valence-corrected chi connectivity index (χ2v) is 5.09. The Balaban J connectivity index is 2.34. The molecule has 21 heavy (non-hydrogen) atoms. The van der Waals surface area contributed by atoms with Crippen molar-refractivity contribution >= 4 is 11.7 Å². The van der Waals surface area contributed by atoms with Gasteiger partial charge >= 0.3 is 12.1 Å². The van der Waals surface area contributed by atoms with Crippen molar-refractivity contribution in [3.8, 4) is 6.07 Å². The van der Waals surface area contributed by atoms with E-state index in [2.05, 4.69) is 5.32 Å². The lowest BCUT2D eigenvalue weighted by atomic mass is 9.96. The third-order valence-electron chi connectivity index (χ3n) is 3.70. The maximum atomic E-state index is 12.7. The van der Waals surface area contributed by atoms with Gasteiger partial charge in [0.05, 0.1) is 17.2 Å². The van der Waals surface area contributed by atoms with Crippen LogP contribution in [0.2, 0.25) is 0 Å². The number of alkyl halides is 3. The maximum Gasteiger partial charge on any atom is 0.417 e. The van der Waals surface area contributed by atoms with E-state index in [1.54, 1.807) is 0 Å². The highest BCUT2D eigenvalue weighted by Crippen LogP contribution is 2.36. The first-order chi connectivity index (χ1) is 9.78. The van der Waals surface area contributed by atoms with E-state index in [0.717, 1.165) is 31.0 Å². The highest BCUT2D eigenvalue weighted by molar-refractivity contribution is 5.83. The topological polar surface area (TPSA) is 73.1 Å². The van der Waals surface area contributed by atoms with Crippen molar-refractivity contribution in [2.24, 2.45) is 0 Å². The van der Waals surface area contributed by atoms with Gasteiger partial charge in [-0.05, 0) is 31.0 Å². The Morgan fingerprint density at radius 1 is 1.33 bits per heavy atom. The average Bonchev–Trinajstić information content (AvgIpc) is 2.87. The molecule has 2 rings (SSSR count). The number of hydrogen-bond donors (Lipinski definition) is 2. The number of nitrogens with one attached hydrogen (secondary N) is 1. The number of anilines is 1. The number of carboxylic acids is 1. The highest BCUT2D eigenvalue weighted by atomic mass is 19.4. The Hall–Kier alpha value is -2.23. The molecule has 1 aliphatic rings. The van der Waals surface area contributed by atoms with Crippen LogP contribution in [0.3, 0.4) is 0 Å². The van der Waals surface area contributed by atoms with Crippen molar-refractivity contribution < 1.29 is 23.1 Å². The normalized spacial score (nSPS) is 17.2. The third kappa shape index (κ3) is 2.94. The minimum atomic E-state index is -4.61. The quantitative estimate of drug-likeness (QED) is 0.897. The van der Waals surface area contributed by atoms with E-state index in [-0.39, 0.29) is 5.69 Å². The second-order valence-electron chi connectivity index (χ2n) is 5.09. The molecule has 0 bridgehead atoms. The van der Waals surface area contributed by atoms with E-state index in [0.29, 0.717) is 12.8 Å². The summed E-state index contributed by atoms with van der Waals surface area (Å²) in [6.45, 7) is 0. The summed E-state index contributed by atoms with van der Waals surface area (Å²) in [5.74, 6) is -1.03. The van der Waals surface area contributed by atoms with Crippen molar-refractivity contribution in [3.63, 3.8) is 0 Å². The van der Waals surface area contributed by atoms with Crippen LogP contribution in [-0.4, -0.2) is 16.6 Å². The predicted molar refractivity (Wildman–Crippen MR) is 68.6 cm³/mol. The molecule has 0 spiro atoms. The molecule has 0 atom stereocenters. The molecular weight excluding hydrogens is 285 g/mol. The predicted octanol–water partition coefficient (Wildman–Crippen LogP) is 3.39. The van der Waals surface area contributed by atoms with Crippen molar-refractivity contribution in [1.29, 1.82) is 5.26 Å². The molecule has 1 aliphatic carbocycles. The molecular formula is C14H13F3N2O2. The monoisotopic (exact) mass is 298 g/mol. The Labute approximate surface area is 119 Å². The van der Waals surface area contributed by atoms with Gasteiger partial charge in [0, 0.05) is 5.69 Å². The Kier molecular flexibility index (Phi) is 3.81. The summed E-state index contributed by atoms with van der Waals surface area (Å²) >= 11 is 0. The lowest BCUT2D eigenvalue weighted by Gasteiger charge is -2.27. The van der Waals surface area contributed by atoms with Crippen LogP contribution < -0.4 is 5.32 Å². The number of hydrogen-bond acceptors (Lipinski definition) is 3. The molecule has 2 N–H and O–H groups in total. The number of halogens is 3. The molecule has 1 saturated carbocycles. The van der Waals surface area contributed by atoms with Crippen molar-refractivity contribution in [2.45, 2.75) is 37.4 Å². The van der Waals surface area contributed by atoms with Crippen molar-refractivity contribution in [2.75, 3.05) is 5.32 Å². The van der Waals surface area contributed by atoms with Crippen LogP contribution in [0.15, 0.2) is 18.2 Å². The lowest BCUT2D eigenvalue weighted by molar-refractivity contribution is -0.142. The fourth-order valence-electron chi connectivity index (χ4n) is 2.61. The SMILES string of the molecule is N#Cc1cc(NC2(C(=O)O)CCCC2)ccc1C(F)(F)F. The molecule has 112 valence electrons. The fraction of sp³-hybridized carbons (Fsp3) is 0.429. The molecule has 0 aliphatic heterocycles. The zero-order chi connectivity index (χ0) is 15.7. The van der Waals surface area contributed by atoms with E-state index in [4.69, 9.17) is 5.26 Å². The van der Waals surface area contributed by atoms with Crippen LogP contribution in [0.25, 0.3) is 0 Å². The minimum absolute atomic E-state index is 0.212. The number of carboxylic acid groups (broad SMARTS) is 1. The van der Waals surface area contributed by atoms with Gasteiger partial charge in [0.15, 0.2) is 0 Å². The summed E-state index contributed by atoms with van der Waals surface area (Å²) in [5.41, 5.74) is -2.49. The first kappa shape index (κ1) is 15.2. The van der Waals surface area contributed by atoms with Gasteiger partial charge in [0.25, 0.3) is 0 Å². The number of nitrogens with zero attached hydrogens (tertiary/aromatic N) is 1. The number of nitriles is 1. The van der Waals surface area contributed by atoms with E-state index in [9.17, 15) is 23.1 Å². The van der Waals surface area contributed by atoms with Gasteiger partial charge in [0.2, 0.25) is 0 Å². The Morgan fingerprint density at radius 2 is 1.95 bits per heavy atom. The van der Waals surface area contributed by atoms with Crippen LogP contribution in [0.5, 0.6) is 0 Å². The summed E-state index contributed by atoms with van der Waals surface area (Å²) in [7, 11) is 0. The largest absolute Gasteiger partial charge is 0.480 e. The molecule has 4 nitrogen and oxygen atoms in total. The van der Waals surface area contributed by atoms with Crippen LogP contribution >= 0.6 is 0 Å². The van der Waals surface area contributed by atoms with Crippen LogP contribution in [0.4, 0.5) is 18.9 Å². The Morgan fingerprint density at radius 3 is 2.43 bits per heavy atom. The van der Waals surface area contributed by atoms with Crippen LogP contribution in [0, 0.1) is 11.3 Å². The maximum absolute atomic E-state index is 12.7. The van der Waals surface area contributed by atoms with Gasteiger partial charge in [-0.25, -0.2) is 4.79 Å². The van der Waals surface area contributed by atoms with Crippen molar-refractivity contribution in [3.05, 3.63) is 29.3 Å². The standard InChI is InChI=1S/C14H13F3N2O2/c15-14(16,17)11-4-3-10(7-9(11)8-18)19-13(12(20)21)5-1-2-6-13/h3-4,7,19H,1-2,5-6H2,(H,20,21). The first-order valence-electron chi connectivity index (χ1n) is 6.41. The summed E-state index contributed by atoms with van der Waals surface area (Å²) in [4.78, 5) is 11.4. The molecule has 0 aromatic heterocycles. The van der Waals surface area contributed by atoms with Crippen LogP contribution in [0.1, 0.15) is 36.8 Å². The molecule has 1 aromatic rings. The van der Waals surface area contributed by atoms with Gasteiger partial charge in [-0.2, -0.15) is 18.4 Å². The van der Waals surface area contributed by atoms with Gasteiger partial charge in [-0.15, -0.1) is 0 Å². The zero-order valence-corrected chi connectivity index (χ0v) is 11.0. The molecule has 0 amide bonds. The number of aliphatic carboxylic acids is 1. The molecule has 0 saturated heterocycles. The zero-order valence-electron chi connectivity index (χ0n) is 11.0. The molecule has 0 unspecified atom stereocenters. The first-order valence-corrected chi connectivity index (χ1v) is 6.41. The average molecular weight is 298 g/mol. The molecule has 0 heterocycles. The van der Waals surface area contributed by atoms with E-state index >= 15 is 0 Å². The van der Waals surface area contributed by atoms with E-state index in [1.165, 1.54) is 6.07 Å². The Bertz CT molecular complexity index is 599. The summed E-state index contributed by atoms with van der Waals surface area (Å²) in [6, 6.07) is 4.51. The summed E-state index contributed by atoms with van der Waals surface area (Å²) in [6.07, 6.45) is -2.31. The number of rotatable bonds is 3. The second kappa shape index (κ2) is 5.28. The number of benzene rings is 1. The minimum Gasteiger partial charge on any atom is -0.480 e.